The maximum atomic E-state index is 12.7. The first-order valence-electron chi connectivity index (χ1n) is 8.43. The van der Waals surface area contributed by atoms with E-state index in [1.54, 1.807) is 32.3 Å². The Morgan fingerprint density at radius 2 is 2.07 bits per heavy atom. The van der Waals surface area contributed by atoms with E-state index in [9.17, 15) is 9.59 Å². The normalized spacial score (nSPS) is 16.1. The Labute approximate surface area is 169 Å². The summed E-state index contributed by atoms with van der Waals surface area (Å²) in [6, 6.07) is 8.43. The molecule has 0 atom stereocenters. The highest BCUT2D eigenvalue weighted by atomic mass is 79.9. The van der Waals surface area contributed by atoms with Crippen LogP contribution in [0.1, 0.15) is 21.5 Å². The highest BCUT2D eigenvalue weighted by Gasteiger charge is 2.29. The standard InChI is InChI=1S/C20H16BrNO6/c1-22(2)20(24)27-14-3-4-15-16(8-14)28-17(18(15)23)7-11-5-13(21)6-12-9-25-10-26-19(11)12/h3-8H,9-10H2,1-2H3. The van der Waals surface area contributed by atoms with Gasteiger partial charge in [0, 0.05) is 35.8 Å². The Kier molecular flexibility index (Phi) is 4.82. The lowest BCUT2D eigenvalue weighted by Gasteiger charge is -2.20. The van der Waals surface area contributed by atoms with Gasteiger partial charge in [-0.15, -0.1) is 0 Å². The summed E-state index contributed by atoms with van der Waals surface area (Å²) in [4.78, 5) is 25.7. The van der Waals surface area contributed by atoms with Crippen molar-refractivity contribution in [2.45, 2.75) is 6.61 Å². The van der Waals surface area contributed by atoms with Gasteiger partial charge in [-0.05, 0) is 30.3 Å². The lowest BCUT2D eigenvalue weighted by molar-refractivity contribution is -0.0165. The number of nitrogens with zero attached hydrogens (tertiary/aromatic N) is 1. The molecule has 8 heteroatoms. The summed E-state index contributed by atoms with van der Waals surface area (Å²) in [5.74, 6) is 1.22. The average Bonchev–Trinajstić information content (AvgIpc) is 2.96. The summed E-state index contributed by atoms with van der Waals surface area (Å²) < 4.78 is 22.7. The number of amides is 1. The number of Topliss-reactive ketones (excluding diaryl/α,β-unsaturated/α-hetero) is 1. The van der Waals surface area contributed by atoms with E-state index >= 15 is 0 Å². The Bertz CT molecular complexity index is 1010. The topological polar surface area (TPSA) is 74.3 Å². The quantitative estimate of drug-likeness (QED) is 0.650. The van der Waals surface area contributed by atoms with Crippen LogP contribution in [0.3, 0.4) is 0 Å². The van der Waals surface area contributed by atoms with Gasteiger partial charge < -0.3 is 23.8 Å². The summed E-state index contributed by atoms with van der Waals surface area (Å²) in [5, 5.41) is 0. The molecular formula is C20H16BrNO6. The van der Waals surface area contributed by atoms with Crippen molar-refractivity contribution in [3.63, 3.8) is 0 Å². The Balaban J connectivity index is 1.65. The Morgan fingerprint density at radius 3 is 2.86 bits per heavy atom. The summed E-state index contributed by atoms with van der Waals surface area (Å²) in [7, 11) is 3.17. The van der Waals surface area contributed by atoms with Crippen LogP contribution in [-0.4, -0.2) is 37.7 Å². The van der Waals surface area contributed by atoms with Gasteiger partial charge in [0.1, 0.15) is 17.2 Å². The monoisotopic (exact) mass is 445 g/mol. The predicted molar refractivity (Wildman–Crippen MR) is 104 cm³/mol. The molecule has 1 amide bonds. The number of benzene rings is 2. The Morgan fingerprint density at radius 1 is 1.25 bits per heavy atom. The smallest absolute Gasteiger partial charge is 0.414 e. The van der Waals surface area contributed by atoms with Gasteiger partial charge in [-0.1, -0.05) is 15.9 Å². The van der Waals surface area contributed by atoms with Gasteiger partial charge in [0.2, 0.25) is 5.78 Å². The molecule has 0 bridgehead atoms. The zero-order valence-corrected chi connectivity index (χ0v) is 16.7. The van der Waals surface area contributed by atoms with Crippen LogP contribution in [0.2, 0.25) is 0 Å². The van der Waals surface area contributed by atoms with Gasteiger partial charge in [0.15, 0.2) is 12.6 Å². The highest BCUT2D eigenvalue weighted by molar-refractivity contribution is 9.10. The number of hydrogen-bond acceptors (Lipinski definition) is 6. The summed E-state index contributed by atoms with van der Waals surface area (Å²) in [6.45, 7) is 0.584. The maximum Gasteiger partial charge on any atom is 0.414 e. The number of ether oxygens (including phenoxy) is 4. The number of ketones is 1. The molecule has 0 radical (unpaired) electrons. The molecule has 2 heterocycles. The molecule has 0 saturated carbocycles. The first-order chi connectivity index (χ1) is 13.4. The van der Waals surface area contributed by atoms with Crippen LogP contribution in [0.25, 0.3) is 6.08 Å². The van der Waals surface area contributed by atoms with E-state index < -0.39 is 6.09 Å². The summed E-state index contributed by atoms with van der Waals surface area (Å²) in [5.41, 5.74) is 2.00. The Hall–Kier alpha value is -2.84. The maximum absolute atomic E-state index is 12.7. The summed E-state index contributed by atoms with van der Waals surface area (Å²) >= 11 is 3.46. The van der Waals surface area contributed by atoms with Crippen molar-refractivity contribution in [1.29, 1.82) is 0 Å². The van der Waals surface area contributed by atoms with Crippen molar-refractivity contribution in [2.24, 2.45) is 0 Å². The molecule has 0 unspecified atom stereocenters. The molecule has 2 aliphatic heterocycles. The van der Waals surface area contributed by atoms with Gasteiger partial charge in [-0.25, -0.2) is 4.79 Å². The molecule has 28 heavy (non-hydrogen) atoms. The van der Waals surface area contributed by atoms with Crippen LogP contribution in [0.5, 0.6) is 17.2 Å². The largest absolute Gasteiger partial charge is 0.467 e. The molecule has 0 aliphatic carbocycles. The first kappa shape index (κ1) is 18.5. The number of rotatable bonds is 2. The van der Waals surface area contributed by atoms with Crippen molar-refractivity contribution in [2.75, 3.05) is 20.9 Å². The average molecular weight is 446 g/mol. The van der Waals surface area contributed by atoms with Gasteiger partial charge in [0.05, 0.1) is 12.2 Å². The minimum atomic E-state index is -0.514. The fourth-order valence-corrected chi connectivity index (χ4v) is 3.40. The third-order valence-corrected chi connectivity index (χ3v) is 4.66. The second-order valence-corrected chi connectivity index (χ2v) is 7.37. The van der Waals surface area contributed by atoms with Crippen LogP contribution in [0, 0.1) is 0 Å². The number of carbonyl (C=O) groups excluding carboxylic acids is 2. The SMILES string of the molecule is CN(C)C(=O)Oc1ccc2c(c1)OC(=Cc1cc(Br)cc3c1OCOC3)C2=O. The van der Waals surface area contributed by atoms with Crippen LogP contribution < -0.4 is 14.2 Å². The van der Waals surface area contributed by atoms with E-state index in [2.05, 4.69) is 15.9 Å². The fraction of sp³-hybridized carbons (Fsp3) is 0.200. The lowest BCUT2D eigenvalue weighted by Crippen LogP contribution is -2.25. The molecule has 0 aromatic heterocycles. The predicted octanol–water partition coefficient (Wildman–Crippen LogP) is 3.99. The van der Waals surface area contributed by atoms with Gasteiger partial charge in [-0.2, -0.15) is 0 Å². The minimum absolute atomic E-state index is 0.153. The first-order valence-corrected chi connectivity index (χ1v) is 9.22. The van der Waals surface area contributed by atoms with E-state index in [-0.39, 0.29) is 18.3 Å². The number of halogens is 1. The minimum Gasteiger partial charge on any atom is -0.467 e. The molecule has 2 aromatic carbocycles. The van der Waals surface area contributed by atoms with Crippen LogP contribution in [0.4, 0.5) is 4.79 Å². The van der Waals surface area contributed by atoms with Crippen molar-refractivity contribution in [3.8, 4) is 17.2 Å². The molecule has 2 aromatic rings. The molecule has 144 valence electrons. The van der Waals surface area contributed by atoms with Crippen molar-refractivity contribution >= 4 is 33.9 Å². The van der Waals surface area contributed by atoms with Crippen LogP contribution in [0.15, 0.2) is 40.6 Å². The third kappa shape index (κ3) is 3.48. The molecule has 7 nitrogen and oxygen atoms in total. The second kappa shape index (κ2) is 7.29. The molecule has 4 rings (SSSR count). The van der Waals surface area contributed by atoms with E-state index in [0.29, 0.717) is 35.0 Å². The van der Waals surface area contributed by atoms with E-state index in [0.717, 1.165) is 10.0 Å². The molecule has 0 saturated heterocycles. The number of carbonyl (C=O) groups is 2. The zero-order chi connectivity index (χ0) is 19.8. The number of allylic oxidation sites excluding steroid dienone is 1. The number of hydrogen-bond donors (Lipinski definition) is 0. The van der Waals surface area contributed by atoms with Crippen molar-refractivity contribution < 1.29 is 28.5 Å². The van der Waals surface area contributed by atoms with E-state index in [4.69, 9.17) is 18.9 Å². The van der Waals surface area contributed by atoms with E-state index in [1.165, 1.54) is 11.0 Å². The second-order valence-electron chi connectivity index (χ2n) is 6.45. The lowest BCUT2D eigenvalue weighted by atomic mass is 10.1. The highest BCUT2D eigenvalue weighted by Crippen LogP contribution is 2.38. The van der Waals surface area contributed by atoms with Crippen molar-refractivity contribution in [1.82, 2.24) is 4.90 Å². The van der Waals surface area contributed by atoms with Gasteiger partial charge in [-0.3, -0.25) is 4.79 Å². The third-order valence-electron chi connectivity index (χ3n) is 4.20. The molecule has 2 aliphatic rings. The molecule has 0 fully saturated rings. The van der Waals surface area contributed by atoms with Gasteiger partial charge >= 0.3 is 6.09 Å². The molecule has 0 N–H and O–H groups in total. The van der Waals surface area contributed by atoms with Gasteiger partial charge in [0.25, 0.3) is 0 Å². The van der Waals surface area contributed by atoms with Crippen LogP contribution in [-0.2, 0) is 11.3 Å². The van der Waals surface area contributed by atoms with Crippen LogP contribution >= 0.6 is 15.9 Å². The number of fused-ring (bicyclic) bond motifs is 2. The molecular weight excluding hydrogens is 430 g/mol. The van der Waals surface area contributed by atoms with E-state index in [1.807, 2.05) is 12.1 Å². The van der Waals surface area contributed by atoms with Crippen molar-refractivity contribution in [3.05, 3.63) is 57.3 Å². The zero-order valence-electron chi connectivity index (χ0n) is 15.2. The fourth-order valence-electron chi connectivity index (χ4n) is 2.88. The molecule has 0 spiro atoms. The summed E-state index contributed by atoms with van der Waals surface area (Å²) in [6.07, 6.45) is 1.13.